The van der Waals surface area contributed by atoms with Gasteiger partial charge in [0, 0.05) is 0 Å². The molecule has 1 rings (SSSR count). The van der Waals surface area contributed by atoms with Crippen LogP contribution in [0, 0.1) is 0 Å². The third kappa shape index (κ3) is 4.11. The van der Waals surface area contributed by atoms with E-state index in [4.69, 9.17) is 14.6 Å². The first kappa shape index (κ1) is 14.7. The van der Waals surface area contributed by atoms with Gasteiger partial charge in [0.05, 0.1) is 12.9 Å². The summed E-state index contributed by atoms with van der Waals surface area (Å²) >= 11 is 0. The lowest BCUT2D eigenvalue weighted by Crippen LogP contribution is -2.51. The Balaban J connectivity index is 2.53. The summed E-state index contributed by atoms with van der Waals surface area (Å²) in [6.45, 7) is 0.645. The normalized spacial score (nSPS) is 13.4. The van der Waals surface area contributed by atoms with Crippen LogP contribution in [0.3, 0.4) is 0 Å². The molecule has 4 N–H and O–H groups in total. The van der Waals surface area contributed by atoms with Crippen molar-refractivity contribution < 1.29 is 29.0 Å². The van der Waals surface area contributed by atoms with Crippen molar-refractivity contribution in [2.45, 2.75) is 19.0 Å². The molecule has 8 heteroatoms. The molecule has 2 unspecified atom stereocenters. The molecule has 0 saturated heterocycles. The number of carbonyl (C=O) groups is 3. The van der Waals surface area contributed by atoms with Gasteiger partial charge in [-0.2, -0.15) is 0 Å². The number of aliphatic hydroxyl groups is 1. The number of furan rings is 1. The molecular formula is C11H14N2O6. The second-order valence-corrected chi connectivity index (χ2v) is 3.75. The van der Waals surface area contributed by atoms with Crippen LogP contribution in [0.25, 0.3) is 0 Å². The number of nitrogens with one attached hydrogen (secondary N) is 2. The Kier molecular flexibility index (Phi) is 5.07. The van der Waals surface area contributed by atoms with Crippen molar-refractivity contribution in [3.05, 3.63) is 24.2 Å². The van der Waals surface area contributed by atoms with Crippen LogP contribution in [0.4, 0.5) is 0 Å². The molecule has 0 aliphatic rings. The zero-order valence-electron chi connectivity index (χ0n) is 10.1. The highest BCUT2D eigenvalue weighted by Crippen LogP contribution is 2.00. The number of hydrogen-bond acceptors (Lipinski definition) is 5. The summed E-state index contributed by atoms with van der Waals surface area (Å²) in [5, 5.41) is 21.8. The number of aliphatic hydroxyl groups excluding tert-OH is 1. The Morgan fingerprint density at radius 3 is 2.53 bits per heavy atom. The smallest absolute Gasteiger partial charge is 0.328 e. The van der Waals surface area contributed by atoms with E-state index in [0.717, 1.165) is 0 Å². The van der Waals surface area contributed by atoms with Gasteiger partial charge in [0.1, 0.15) is 12.1 Å². The van der Waals surface area contributed by atoms with Gasteiger partial charge in [0.15, 0.2) is 5.76 Å². The SMILES string of the molecule is CC(NC(=O)c1ccco1)C(=O)NC(CO)C(=O)O. The Morgan fingerprint density at radius 1 is 1.37 bits per heavy atom. The van der Waals surface area contributed by atoms with Gasteiger partial charge in [-0.15, -0.1) is 0 Å². The fraction of sp³-hybridized carbons (Fsp3) is 0.364. The lowest BCUT2D eigenvalue weighted by molar-refractivity contribution is -0.143. The number of amides is 2. The highest BCUT2D eigenvalue weighted by atomic mass is 16.4. The van der Waals surface area contributed by atoms with Crippen molar-refractivity contribution in [1.82, 2.24) is 10.6 Å². The number of aliphatic carboxylic acids is 1. The van der Waals surface area contributed by atoms with Gasteiger partial charge in [-0.1, -0.05) is 0 Å². The molecule has 19 heavy (non-hydrogen) atoms. The molecule has 104 valence electrons. The maximum atomic E-state index is 11.6. The van der Waals surface area contributed by atoms with E-state index < -0.39 is 36.5 Å². The van der Waals surface area contributed by atoms with Crippen molar-refractivity contribution in [3.8, 4) is 0 Å². The Bertz CT molecular complexity index is 456. The molecule has 2 atom stereocenters. The van der Waals surface area contributed by atoms with Crippen molar-refractivity contribution in [3.63, 3.8) is 0 Å². The first-order valence-electron chi connectivity index (χ1n) is 5.44. The van der Waals surface area contributed by atoms with Crippen LogP contribution in [0.5, 0.6) is 0 Å². The largest absolute Gasteiger partial charge is 0.480 e. The maximum absolute atomic E-state index is 11.6. The van der Waals surface area contributed by atoms with Gasteiger partial charge in [0.2, 0.25) is 5.91 Å². The lowest BCUT2D eigenvalue weighted by Gasteiger charge is -2.16. The van der Waals surface area contributed by atoms with Crippen LogP contribution in [0.2, 0.25) is 0 Å². The van der Waals surface area contributed by atoms with Crippen molar-refractivity contribution >= 4 is 17.8 Å². The Hall–Kier alpha value is -2.35. The zero-order chi connectivity index (χ0) is 14.4. The van der Waals surface area contributed by atoms with Crippen LogP contribution in [0.1, 0.15) is 17.5 Å². The molecule has 8 nitrogen and oxygen atoms in total. The summed E-state index contributed by atoms with van der Waals surface area (Å²) in [7, 11) is 0. The van der Waals surface area contributed by atoms with Gasteiger partial charge in [-0.05, 0) is 19.1 Å². The number of carboxylic acids is 1. The van der Waals surface area contributed by atoms with E-state index in [-0.39, 0.29) is 5.76 Å². The zero-order valence-corrected chi connectivity index (χ0v) is 10.1. The summed E-state index contributed by atoms with van der Waals surface area (Å²) in [4.78, 5) is 33.8. The third-order valence-corrected chi connectivity index (χ3v) is 2.28. The average Bonchev–Trinajstić information content (AvgIpc) is 2.88. The monoisotopic (exact) mass is 270 g/mol. The van der Waals surface area contributed by atoms with Gasteiger partial charge < -0.3 is 25.3 Å². The van der Waals surface area contributed by atoms with Crippen molar-refractivity contribution in [2.24, 2.45) is 0 Å². The molecule has 1 aromatic rings. The minimum atomic E-state index is -1.41. The van der Waals surface area contributed by atoms with Gasteiger partial charge >= 0.3 is 5.97 Å². The summed E-state index contributed by atoms with van der Waals surface area (Å²) < 4.78 is 4.84. The summed E-state index contributed by atoms with van der Waals surface area (Å²) in [5.74, 6) is -2.64. The standard InChI is InChI=1S/C11H14N2O6/c1-6(9(15)13-7(5-14)11(17)18)12-10(16)8-3-2-4-19-8/h2-4,6-7,14H,5H2,1H3,(H,12,16)(H,13,15)(H,17,18). The molecule has 0 radical (unpaired) electrons. The second kappa shape index (κ2) is 6.55. The van der Waals surface area contributed by atoms with Crippen LogP contribution >= 0.6 is 0 Å². The van der Waals surface area contributed by atoms with Gasteiger partial charge in [-0.25, -0.2) is 4.79 Å². The molecule has 0 fully saturated rings. The lowest BCUT2D eigenvalue weighted by atomic mass is 10.2. The van der Waals surface area contributed by atoms with Crippen LogP contribution < -0.4 is 10.6 Å². The Labute approximate surface area is 108 Å². The molecule has 0 aliphatic carbocycles. The van der Waals surface area contributed by atoms with E-state index in [1.807, 2.05) is 0 Å². The molecule has 0 aliphatic heterocycles. The highest BCUT2D eigenvalue weighted by molar-refractivity contribution is 5.96. The maximum Gasteiger partial charge on any atom is 0.328 e. The molecule has 0 aromatic carbocycles. The quantitative estimate of drug-likeness (QED) is 0.522. The van der Waals surface area contributed by atoms with Crippen LogP contribution in [-0.4, -0.2) is 46.7 Å². The van der Waals surface area contributed by atoms with Crippen molar-refractivity contribution in [1.29, 1.82) is 0 Å². The predicted molar refractivity (Wildman–Crippen MR) is 62.3 cm³/mol. The topological polar surface area (TPSA) is 129 Å². The van der Waals surface area contributed by atoms with Crippen LogP contribution in [0.15, 0.2) is 22.8 Å². The molecule has 1 aromatic heterocycles. The first-order valence-corrected chi connectivity index (χ1v) is 5.44. The fourth-order valence-corrected chi connectivity index (χ4v) is 1.22. The van der Waals surface area contributed by atoms with E-state index in [1.165, 1.54) is 25.3 Å². The highest BCUT2D eigenvalue weighted by Gasteiger charge is 2.23. The molecule has 0 saturated carbocycles. The summed E-state index contributed by atoms with van der Waals surface area (Å²) in [5.41, 5.74) is 0. The molecule has 0 spiro atoms. The van der Waals surface area contributed by atoms with E-state index >= 15 is 0 Å². The van der Waals surface area contributed by atoms with Gasteiger partial charge in [0.25, 0.3) is 5.91 Å². The number of carbonyl (C=O) groups excluding carboxylic acids is 2. The number of hydrogen-bond donors (Lipinski definition) is 4. The van der Waals surface area contributed by atoms with Gasteiger partial charge in [-0.3, -0.25) is 9.59 Å². The first-order chi connectivity index (χ1) is 8.95. The third-order valence-electron chi connectivity index (χ3n) is 2.28. The molecule has 0 bridgehead atoms. The molecule has 2 amide bonds. The van der Waals surface area contributed by atoms with E-state index in [1.54, 1.807) is 0 Å². The van der Waals surface area contributed by atoms with Crippen LogP contribution in [-0.2, 0) is 9.59 Å². The van der Waals surface area contributed by atoms with E-state index in [9.17, 15) is 14.4 Å². The average molecular weight is 270 g/mol. The summed E-state index contributed by atoms with van der Waals surface area (Å²) in [6, 6.07) is 0.570. The number of carboxylic acid groups (broad SMARTS) is 1. The molecular weight excluding hydrogens is 256 g/mol. The van der Waals surface area contributed by atoms with Crippen molar-refractivity contribution in [2.75, 3.05) is 6.61 Å². The fourth-order valence-electron chi connectivity index (χ4n) is 1.22. The summed E-state index contributed by atoms with van der Waals surface area (Å²) in [6.07, 6.45) is 1.31. The van der Waals surface area contributed by atoms with E-state index in [2.05, 4.69) is 10.6 Å². The predicted octanol–water partition coefficient (Wildman–Crippen LogP) is -1.04. The minimum absolute atomic E-state index is 0.0385. The minimum Gasteiger partial charge on any atom is -0.480 e. The number of rotatable bonds is 6. The Morgan fingerprint density at radius 2 is 2.05 bits per heavy atom. The van der Waals surface area contributed by atoms with E-state index in [0.29, 0.717) is 0 Å². The second-order valence-electron chi connectivity index (χ2n) is 3.75. The molecule has 1 heterocycles.